The van der Waals surface area contributed by atoms with Crippen LogP contribution in [0.1, 0.15) is 57.8 Å². The second-order valence-corrected chi connectivity index (χ2v) is 7.26. The molecule has 2 atom stereocenters. The molecular weight excluding hydrogens is 266 g/mol. The summed E-state index contributed by atoms with van der Waals surface area (Å²) in [6.45, 7) is 1.52. The van der Waals surface area contributed by atoms with Crippen LogP contribution in [0.3, 0.4) is 0 Å². The van der Waals surface area contributed by atoms with Crippen LogP contribution in [0.15, 0.2) is 0 Å². The molecule has 1 amide bonds. The Morgan fingerprint density at radius 3 is 2.57 bits per heavy atom. The second kappa shape index (κ2) is 6.66. The Morgan fingerprint density at radius 2 is 1.90 bits per heavy atom. The van der Waals surface area contributed by atoms with Gasteiger partial charge in [0.2, 0.25) is 5.91 Å². The molecule has 2 aliphatic carbocycles. The van der Waals surface area contributed by atoms with Crippen molar-refractivity contribution in [3.63, 3.8) is 0 Å². The van der Waals surface area contributed by atoms with Crippen LogP contribution >= 0.6 is 0 Å². The van der Waals surface area contributed by atoms with Crippen molar-refractivity contribution in [3.05, 3.63) is 0 Å². The molecule has 2 saturated carbocycles. The van der Waals surface area contributed by atoms with Crippen LogP contribution in [-0.4, -0.2) is 36.4 Å². The van der Waals surface area contributed by atoms with Gasteiger partial charge in [0.05, 0.1) is 0 Å². The molecule has 4 nitrogen and oxygen atoms in total. The summed E-state index contributed by atoms with van der Waals surface area (Å²) in [5.41, 5.74) is -0.218. The fourth-order valence-electron chi connectivity index (χ4n) is 4.37. The van der Waals surface area contributed by atoms with Gasteiger partial charge in [0.1, 0.15) is 0 Å². The van der Waals surface area contributed by atoms with E-state index in [-0.39, 0.29) is 24.0 Å². The third-order valence-electron chi connectivity index (χ3n) is 5.86. The summed E-state index contributed by atoms with van der Waals surface area (Å²) in [4.78, 5) is 12.6. The summed E-state index contributed by atoms with van der Waals surface area (Å²) in [6.07, 6.45) is 10.1. The lowest BCUT2D eigenvalue weighted by molar-refractivity contribution is -0.126. The molecule has 0 aromatic rings. The number of hydrogen-bond acceptors (Lipinski definition) is 3. The number of amides is 1. The lowest BCUT2D eigenvalue weighted by Crippen LogP contribution is -2.53. The molecule has 0 spiro atoms. The largest absolute Gasteiger partial charge is 0.396 e. The molecule has 1 aliphatic heterocycles. The van der Waals surface area contributed by atoms with E-state index in [4.69, 9.17) is 4.74 Å². The quantitative estimate of drug-likeness (QED) is 0.818. The average molecular weight is 295 g/mol. The van der Waals surface area contributed by atoms with Crippen molar-refractivity contribution >= 4 is 5.91 Å². The zero-order valence-electron chi connectivity index (χ0n) is 13.0. The van der Waals surface area contributed by atoms with Crippen LogP contribution in [-0.2, 0) is 9.53 Å². The molecule has 21 heavy (non-hydrogen) atoms. The number of rotatable bonds is 5. The molecule has 4 heteroatoms. The Bertz CT molecular complexity index is 354. The van der Waals surface area contributed by atoms with Gasteiger partial charge in [0, 0.05) is 31.3 Å². The van der Waals surface area contributed by atoms with Crippen molar-refractivity contribution in [2.45, 2.75) is 63.3 Å². The molecule has 0 bridgehead atoms. The third-order valence-corrected chi connectivity index (χ3v) is 5.86. The minimum atomic E-state index is -0.218. The van der Waals surface area contributed by atoms with E-state index in [2.05, 4.69) is 5.32 Å². The molecule has 1 saturated heterocycles. The van der Waals surface area contributed by atoms with Gasteiger partial charge in [-0.05, 0) is 37.5 Å². The van der Waals surface area contributed by atoms with Gasteiger partial charge in [-0.15, -0.1) is 0 Å². The van der Waals surface area contributed by atoms with Crippen LogP contribution in [0.2, 0.25) is 0 Å². The first-order chi connectivity index (χ1) is 10.2. The predicted molar refractivity (Wildman–Crippen MR) is 80.8 cm³/mol. The first kappa shape index (κ1) is 15.3. The topological polar surface area (TPSA) is 58.6 Å². The van der Waals surface area contributed by atoms with E-state index in [1.165, 1.54) is 32.1 Å². The van der Waals surface area contributed by atoms with Gasteiger partial charge in [0.25, 0.3) is 0 Å². The van der Waals surface area contributed by atoms with Crippen LogP contribution in [0.4, 0.5) is 0 Å². The van der Waals surface area contributed by atoms with Crippen molar-refractivity contribution < 1.29 is 14.6 Å². The van der Waals surface area contributed by atoms with Gasteiger partial charge >= 0.3 is 0 Å². The molecule has 0 radical (unpaired) electrons. The maximum Gasteiger partial charge on any atom is 0.223 e. The number of aliphatic hydroxyl groups is 1. The van der Waals surface area contributed by atoms with E-state index in [0.717, 1.165) is 25.2 Å². The van der Waals surface area contributed by atoms with Crippen molar-refractivity contribution in [2.75, 3.05) is 19.8 Å². The Labute approximate surface area is 127 Å². The lowest BCUT2D eigenvalue weighted by atomic mass is 9.84. The zero-order chi connectivity index (χ0) is 14.7. The number of carbonyl (C=O) groups is 1. The monoisotopic (exact) mass is 295 g/mol. The normalized spacial score (nSPS) is 32.6. The summed E-state index contributed by atoms with van der Waals surface area (Å²) in [6, 6.07) is 0. The lowest BCUT2D eigenvalue weighted by Gasteiger charge is -2.38. The molecule has 2 N–H and O–H groups in total. The highest BCUT2D eigenvalue weighted by Crippen LogP contribution is 2.49. The fourth-order valence-corrected chi connectivity index (χ4v) is 4.37. The number of nitrogens with one attached hydrogen (secondary N) is 1. The van der Waals surface area contributed by atoms with E-state index in [1.54, 1.807) is 0 Å². The van der Waals surface area contributed by atoms with Gasteiger partial charge in [-0.25, -0.2) is 0 Å². The first-order valence-electron chi connectivity index (χ1n) is 8.75. The van der Waals surface area contributed by atoms with Crippen molar-refractivity contribution in [2.24, 2.45) is 17.8 Å². The summed E-state index contributed by atoms with van der Waals surface area (Å²) in [7, 11) is 0. The SMILES string of the molecule is O=C(NC1(CCO)CCOCC1)[C@@H]1C[C@H]1C1CCCCC1. The highest BCUT2D eigenvalue weighted by molar-refractivity contribution is 5.82. The average Bonchev–Trinajstić information content (AvgIpc) is 3.30. The predicted octanol–water partition coefficient (Wildman–Crippen LogP) is 2.25. The molecule has 0 aromatic heterocycles. The van der Waals surface area contributed by atoms with Crippen LogP contribution in [0.5, 0.6) is 0 Å². The molecular formula is C17H29NO3. The van der Waals surface area contributed by atoms with Crippen LogP contribution < -0.4 is 5.32 Å². The van der Waals surface area contributed by atoms with Gasteiger partial charge in [0.15, 0.2) is 0 Å². The summed E-state index contributed by atoms with van der Waals surface area (Å²) >= 11 is 0. The molecule has 120 valence electrons. The van der Waals surface area contributed by atoms with Crippen molar-refractivity contribution in [3.8, 4) is 0 Å². The highest BCUT2D eigenvalue weighted by Gasteiger charge is 2.49. The zero-order valence-corrected chi connectivity index (χ0v) is 13.0. The molecule has 1 heterocycles. The van der Waals surface area contributed by atoms with E-state index in [1.807, 2.05) is 0 Å². The fraction of sp³-hybridized carbons (Fsp3) is 0.941. The summed E-state index contributed by atoms with van der Waals surface area (Å²) in [5, 5.41) is 12.6. The number of hydrogen-bond donors (Lipinski definition) is 2. The summed E-state index contributed by atoms with van der Waals surface area (Å²) < 4.78 is 5.41. The van der Waals surface area contributed by atoms with Gasteiger partial charge in [-0.1, -0.05) is 32.1 Å². The van der Waals surface area contributed by atoms with Crippen LogP contribution in [0.25, 0.3) is 0 Å². The number of ether oxygens (including phenoxy) is 1. The Kier molecular flexibility index (Phi) is 4.85. The highest BCUT2D eigenvalue weighted by atomic mass is 16.5. The maximum absolute atomic E-state index is 12.6. The Hall–Kier alpha value is -0.610. The van der Waals surface area contributed by atoms with Crippen molar-refractivity contribution in [1.82, 2.24) is 5.32 Å². The van der Waals surface area contributed by atoms with E-state index < -0.39 is 0 Å². The molecule has 0 unspecified atom stereocenters. The van der Waals surface area contributed by atoms with Crippen LogP contribution in [0, 0.1) is 17.8 Å². The minimum Gasteiger partial charge on any atom is -0.396 e. The van der Waals surface area contributed by atoms with E-state index in [9.17, 15) is 9.90 Å². The molecule has 3 rings (SSSR count). The number of aliphatic hydroxyl groups excluding tert-OH is 1. The number of carbonyl (C=O) groups excluding carboxylic acids is 1. The van der Waals surface area contributed by atoms with Gasteiger partial charge in [-0.3, -0.25) is 4.79 Å². The standard InChI is InChI=1S/C17H29NO3/c19-9-6-17(7-10-21-11-8-17)18-16(20)15-12-14(15)13-4-2-1-3-5-13/h13-15,19H,1-12H2,(H,18,20)/t14-,15+/m0/s1. The van der Waals surface area contributed by atoms with Gasteiger partial charge in [-0.2, -0.15) is 0 Å². The van der Waals surface area contributed by atoms with E-state index in [0.29, 0.717) is 25.6 Å². The minimum absolute atomic E-state index is 0.136. The molecule has 3 aliphatic rings. The van der Waals surface area contributed by atoms with E-state index >= 15 is 0 Å². The second-order valence-electron chi connectivity index (χ2n) is 7.26. The van der Waals surface area contributed by atoms with Crippen molar-refractivity contribution in [1.29, 1.82) is 0 Å². The maximum atomic E-state index is 12.6. The Balaban J connectivity index is 1.53. The molecule has 3 fully saturated rings. The Morgan fingerprint density at radius 1 is 1.19 bits per heavy atom. The van der Waals surface area contributed by atoms with Gasteiger partial charge < -0.3 is 15.2 Å². The third kappa shape index (κ3) is 3.59. The summed E-state index contributed by atoms with van der Waals surface area (Å²) in [5.74, 6) is 1.90. The smallest absolute Gasteiger partial charge is 0.223 e. The first-order valence-corrected chi connectivity index (χ1v) is 8.75. The molecule has 0 aromatic carbocycles.